The molecule has 0 saturated carbocycles. The van der Waals surface area contributed by atoms with Gasteiger partial charge < -0.3 is 15.4 Å². The molecule has 6 nitrogen and oxygen atoms in total. The summed E-state index contributed by atoms with van der Waals surface area (Å²) in [6.45, 7) is 2.59. The first kappa shape index (κ1) is 21.2. The van der Waals surface area contributed by atoms with Crippen LogP contribution in [0.1, 0.15) is 34.3 Å². The molecule has 2 aliphatic heterocycles. The average Bonchev–Trinajstić information content (AvgIpc) is 3.18. The maximum absolute atomic E-state index is 13.2. The van der Waals surface area contributed by atoms with Crippen LogP contribution in [0, 0.1) is 0 Å². The van der Waals surface area contributed by atoms with Gasteiger partial charge in [-0.1, -0.05) is 29.8 Å². The van der Waals surface area contributed by atoms with E-state index in [1.165, 1.54) is 17.3 Å². The van der Waals surface area contributed by atoms with Gasteiger partial charge >= 0.3 is 0 Å². The van der Waals surface area contributed by atoms with E-state index in [2.05, 4.69) is 16.0 Å². The number of likely N-dealkylation sites (tertiary alicyclic amines) is 1. The second kappa shape index (κ2) is 8.73. The van der Waals surface area contributed by atoms with Crippen molar-refractivity contribution in [2.75, 3.05) is 19.7 Å². The molecule has 1 aromatic heterocycles. The zero-order chi connectivity index (χ0) is 22.1. The SMILES string of the molecule is NCc1ccc2c(c1)C1(CCN(C(=O)c3cccc(Sc4ncc(Cl)cn4)c3)CC1)CO2. The third-order valence-corrected chi connectivity index (χ3v) is 7.33. The highest BCUT2D eigenvalue weighted by Crippen LogP contribution is 2.46. The van der Waals surface area contributed by atoms with Crippen molar-refractivity contribution >= 4 is 29.3 Å². The number of rotatable bonds is 4. The van der Waals surface area contributed by atoms with Gasteiger partial charge in [0.25, 0.3) is 5.91 Å². The number of aromatic nitrogens is 2. The number of halogens is 1. The van der Waals surface area contributed by atoms with E-state index in [0.29, 0.717) is 42.0 Å². The minimum atomic E-state index is -0.0269. The molecule has 8 heteroatoms. The summed E-state index contributed by atoms with van der Waals surface area (Å²) >= 11 is 7.26. The number of hydrogen-bond acceptors (Lipinski definition) is 6. The molecule has 1 spiro atoms. The first-order valence-electron chi connectivity index (χ1n) is 10.6. The predicted molar refractivity (Wildman–Crippen MR) is 124 cm³/mol. The molecule has 0 atom stereocenters. The number of nitrogens with two attached hydrogens (primary N) is 1. The molecule has 1 amide bonds. The van der Waals surface area contributed by atoms with Crippen molar-refractivity contribution < 1.29 is 9.53 Å². The third-order valence-electron chi connectivity index (χ3n) is 6.25. The van der Waals surface area contributed by atoms with Crippen molar-refractivity contribution in [3.63, 3.8) is 0 Å². The van der Waals surface area contributed by atoms with E-state index in [1.807, 2.05) is 41.3 Å². The van der Waals surface area contributed by atoms with Crippen molar-refractivity contribution in [2.45, 2.75) is 34.9 Å². The smallest absolute Gasteiger partial charge is 0.253 e. The van der Waals surface area contributed by atoms with Crippen molar-refractivity contribution in [1.82, 2.24) is 14.9 Å². The zero-order valence-corrected chi connectivity index (χ0v) is 19.0. The van der Waals surface area contributed by atoms with E-state index in [0.717, 1.165) is 29.1 Å². The Morgan fingerprint density at radius 3 is 2.69 bits per heavy atom. The molecule has 2 N–H and O–H groups in total. The summed E-state index contributed by atoms with van der Waals surface area (Å²) in [5.74, 6) is 1.00. The molecule has 5 rings (SSSR count). The monoisotopic (exact) mass is 466 g/mol. The van der Waals surface area contributed by atoms with Gasteiger partial charge in [-0.25, -0.2) is 9.97 Å². The van der Waals surface area contributed by atoms with Crippen LogP contribution in [-0.2, 0) is 12.0 Å². The normalized spacial score (nSPS) is 16.6. The number of amides is 1. The summed E-state index contributed by atoms with van der Waals surface area (Å²) in [5, 5.41) is 1.09. The molecule has 2 aromatic carbocycles. The molecule has 164 valence electrons. The van der Waals surface area contributed by atoms with E-state index in [4.69, 9.17) is 22.1 Å². The Morgan fingerprint density at radius 1 is 1.16 bits per heavy atom. The Bertz CT molecular complexity index is 1150. The second-order valence-electron chi connectivity index (χ2n) is 8.21. The summed E-state index contributed by atoms with van der Waals surface area (Å²) in [5.41, 5.74) is 8.86. The van der Waals surface area contributed by atoms with Crippen LogP contribution >= 0.6 is 23.4 Å². The van der Waals surface area contributed by atoms with Crippen LogP contribution in [0.25, 0.3) is 0 Å². The van der Waals surface area contributed by atoms with Crippen LogP contribution in [0.2, 0.25) is 5.02 Å². The highest BCUT2D eigenvalue weighted by atomic mass is 35.5. The molecular formula is C24H23ClN4O2S. The van der Waals surface area contributed by atoms with E-state index >= 15 is 0 Å². The number of ether oxygens (including phenoxy) is 1. The maximum Gasteiger partial charge on any atom is 0.253 e. The third kappa shape index (κ3) is 4.08. The molecule has 1 saturated heterocycles. The van der Waals surface area contributed by atoms with Crippen LogP contribution in [0.3, 0.4) is 0 Å². The van der Waals surface area contributed by atoms with Crippen molar-refractivity contribution in [3.05, 3.63) is 76.6 Å². The Hall–Kier alpha value is -2.61. The molecule has 1 fully saturated rings. The van der Waals surface area contributed by atoms with Gasteiger partial charge in [0.2, 0.25) is 0 Å². The van der Waals surface area contributed by atoms with Gasteiger partial charge in [0.05, 0.1) is 24.0 Å². The topological polar surface area (TPSA) is 81.3 Å². The number of piperidine rings is 1. The molecule has 3 heterocycles. The van der Waals surface area contributed by atoms with Crippen molar-refractivity contribution in [3.8, 4) is 5.75 Å². The van der Waals surface area contributed by atoms with E-state index < -0.39 is 0 Å². The van der Waals surface area contributed by atoms with Gasteiger partial charge in [-0.2, -0.15) is 0 Å². The first-order chi connectivity index (χ1) is 15.6. The summed E-state index contributed by atoms with van der Waals surface area (Å²) in [4.78, 5) is 24.5. The number of carbonyl (C=O) groups excluding carboxylic acids is 1. The summed E-state index contributed by atoms with van der Waals surface area (Å²) in [7, 11) is 0. The lowest BCUT2D eigenvalue weighted by Crippen LogP contribution is -2.46. The molecule has 32 heavy (non-hydrogen) atoms. The van der Waals surface area contributed by atoms with Crippen LogP contribution in [0.15, 0.2) is 64.9 Å². The highest BCUT2D eigenvalue weighted by molar-refractivity contribution is 7.99. The van der Waals surface area contributed by atoms with Crippen molar-refractivity contribution in [2.24, 2.45) is 5.73 Å². The minimum Gasteiger partial charge on any atom is -0.492 e. The standard InChI is InChI=1S/C24H23ClN4O2S/c25-18-13-27-23(28-14-18)32-19-3-1-2-17(11-19)22(30)29-8-6-24(7-9-29)15-31-21-5-4-16(12-26)10-20(21)24/h1-5,10-11,13-14H,6-9,12,15,26H2. The molecule has 3 aromatic rings. The Labute approximate surface area is 196 Å². The summed E-state index contributed by atoms with van der Waals surface area (Å²) in [6.07, 6.45) is 4.90. The number of benzene rings is 2. The van der Waals surface area contributed by atoms with Crippen LogP contribution in [0.5, 0.6) is 5.75 Å². The van der Waals surface area contributed by atoms with E-state index in [9.17, 15) is 4.79 Å². The summed E-state index contributed by atoms with van der Waals surface area (Å²) < 4.78 is 5.98. The van der Waals surface area contributed by atoms with Gasteiger partial charge in [0, 0.05) is 41.1 Å². The molecule has 0 unspecified atom stereocenters. The lowest BCUT2D eigenvalue weighted by molar-refractivity contribution is 0.0646. The Kier molecular flexibility index (Phi) is 5.80. The lowest BCUT2D eigenvalue weighted by atomic mass is 9.74. The number of fused-ring (bicyclic) bond motifs is 2. The fourth-order valence-corrected chi connectivity index (χ4v) is 5.28. The minimum absolute atomic E-state index is 0.0269. The van der Waals surface area contributed by atoms with Gasteiger partial charge in [0.1, 0.15) is 5.75 Å². The zero-order valence-electron chi connectivity index (χ0n) is 17.5. The van der Waals surface area contributed by atoms with E-state index in [-0.39, 0.29) is 11.3 Å². The van der Waals surface area contributed by atoms with E-state index in [1.54, 1.807) is 12.4 Å². The molecular weight excluding hydrogens is 444 g/mol. The fourth-order valence-electron chi connectivity index (χ4n) is 4.42. The first-order valence-corrected chi connectivity index (χ1v) is 11.8. The van der Waals surface area contributed by atoms with Gasteiger partial charge in [-0.3, -0.25) is 4.79 Å². The molecule has 2 aliphatic rings. The molecule has 0 bridgehead atoms. The second-order valence-corrected chi connectivity index (χ2v) is 9.69. The van der Waals surface area contributed by atoms with Gasteiger partial charge in [-0.05, 0) is 54.4 Å². The molecule has 0 radical (unpaired) electrons. The Morgan fingerprint density at radius 2 is 1.94 bits per heavy atom. The van der Waals surface area contributed by atoms with Crippen molar-refractivity contribution in [1.29, 1.82) is 0 Å². The molecule has 0 aliphatic carbocycles. The number of hydrogen-bond donors (Lipinski definition) is 1. The number of carbonyl (C=O) groups is 1. The number of nitrogens with zero attached hydrogens (tertiary/aromatic N) is 3. The predicted octanol–water partition coefficient (Wildman–Crippen LogP) is 4.31. The van der Waals surface area contributed by atoms with Gasteiger partial charge in [0.15, 0.2) is 5.16 Å². The Balaban J connectivity index is 1.28. The average molecular weight is 467 g/mol. The summed E-state index contributed by atoms with van der Waals surface area (Å²) in [6, 6.07) is 13.8. The van der Waals surface area contributed by atoms with Crippen LogP contribution < -0.4 is 10.5 Å². The highest BCUT2D eigenvalue weighted by Gasteiger charge is 2.43. The maximum atomic E-state index is 13.2. The van der Waals surface area contributed by atoms with Crippen LogP contribution in [0.4, 0.5) is 0 Å². The largest absolute Gasteiger partial charge is 0.492 e. The van der Waals surface area contributed by atoms with Crippen LogP contribution in [-0.4, -0.2) is 40.5 Å². The quantitative estimate of drug-likeness (QED) is 0.577. The lowest BCUT2D eigenvalue weighted by Gasteiger charge is -2.38. The van der Waals surface area contributed by atoms with Gasteiger partial charge in [-0.15, -0.1) is 0 Å². The fraction of sp³-hybridized carbons (Fsp3) is 0.292.